The zero-order valence-corrected chi connectivity index (χ0v) is 16.2. The molecule has 0 aliphatic heterocycles. The van der Waals surface area contributed by atoms with Gasteiger partial charge in [0.2, 0.25) is 10.0 Å². The molecule has 0 saturated carbocycles. The lowest BCUT2D eigenvalue weighted by molar-refractivity contribution is -0.384. The molecule has 9 heteroatoms. The number of methoxy groups -OCH3 is 1. The minimum atomic E-state index is -3.89. The first-order valence-electron chi connectivity index (χ1n) is 8.32. The second kappa shape index (κ2) is 8.94. The van der Waals surface area contributed by atoms with E-state index < -0.39 is 21.0 Å². The van der Waals surface area contributed by atoms with E-state index >= 15 is 0 Å². The molecule has 2 aromatic carbocycles. The fraction of sp³-hybridized carbons (Fsp3) is 0.333. The number of aryl methyl sites for hydroxylation is 1. The van der Waals surface area contributed by atoms with Gasteiger partial charge in [-0.3, -0.25) is 10.1 Å². The molecule has 2 N–H and O–H groups in total. The molecule has 0 aliphatic rings. The molecule has 8 nitrogen and oxygen atoms in total. The lowest BCUT2D eigenvalue weighted by atomic mass is 10.1. The third-order valence-electron chi connectivity index (χ3n) is 3.85. The normalized spacial score (nSPS) is 12.6. The molecule has 0 radical (unpaired) electrons. The number of sulfonamides is 1. The average Bonchev–Trinajstić information content (AvgIpc) is 2.60. The molecule has 0 unspecified atom stereocenters. The van der Waals surface area contributed by atoms with E-state index in [2.05, 4.69) is 10.0 Å². The Labute approximate surface area is 158 Å². The summed E-state index contributed by atoms with van der Waals surface area (Å²) in [6.07, 6.45) is 0. The first kappa shape index (κ1) is 20.8. The van der Waals surface area contributed by atoms with Crippen LogP contribution in [0.1, 0.15) is 18.1 Å². The van der Waals surface area contributed by atoms with Crippen molar-refractivity contribution >= 4 is 21.4 Å². The Hall–Kier alpha value is -2.49. The highest BCUT2D eigenvalue weighted by atomic mass is 32.2. The summed E-state index contributed by atoms with van der Waals surface area (Å²) in [5.74, 6) is 0. The second-order valence-electron chi connectivity index (χ2n) is 6.25. The molecule has 0 bridgehead atoms. The number of benzene rings is 2. The van der Waals surface area contributed by atoms with Gasteiger partial charge in [-0.05, 0) is 31.5 Å². The van der Waals surface area contributed by atoms with E-state index in [4.69, 9.17) is 4.74 Å². The molecule has 1 atom stereocenters. The Morgan fingerprint density at radius 3 is 2.44 bits per heavy atom. The highest BCUT2D eigenvalue weighted by molar-refractivity contribution is 7.89. The van der Waals surface area contributed by atoms with E-state index in [9.17, 15) is 18.5 Å². The van der Waals surface area contributed by atoms with Crippen LogP contribution in [-0.2, 0) is 21.3 Å². The second-order valence-corrected chi connectivity index (χ2v) is 7.97. The quantitative estimate of drug-likeness (QED) is 0.501. The zero-order valence-electron chi connectivity index (χ0n) is 15.4. The van der Waals surface area contributed by atoms with Crippen LogP contribution in [0.2, 0.25) is 0 Å². The Kier molecular flexibility index (Phi) is 6.89. The van der Waals surface area contributed by atoms with E-state index in [1.165, 1.54) is 19.2 Å². The molecule has 0 amide bonds. The first-order chi connectivity index (χ1) is 12.7. The Bertz CT molecular complexity index is 898. The fourth-order valence-corrected chi connectivity index (χ4v) is 3.75. The molecule has 0 heterocycles. The summed E-state index contributed by atoms with van der Waals surface area (Å²) in [5, 5.41) is 14.4. The van der Waals surface area contributed by atoms with Crippen LogP contribution in [0.25, 0.3) is 0 Å². The Morgan fingerprint density at radius 1 is 1.19 bits per heavy atom. The van der Waals surface area contributed by atoms with Gasteiger partial charge >= 0.3 is 0 Å². The van der Waals surface area contributed by atoms with Gasteiger partial charge in [-0.15, -0.1) is 0 Å². The number of nitro groups is 1. The number of ether oxygens (including phenoxy) is 1. The van der Waals surface area contributed by atoms with Crippen molar-refractivity contribution in [1.82, 2.24) is 4.72 Å². The predicted molar refractivity (Wildman–Crippen MR) is 103 cm³/mol. The van der Waals surface area contributed by atoms with Crippen molar-refractivity contribution in [3.8, 4) is 0 Å². The largest absolute Gasteiger partial charge is 0.383 e. The minimum Gasteiger partial charge on any atom is -0.383 e. The topological polar surface area (TPSA) is 111 Å². The van der Waals surface area contributed by atoms with Gasteiger partial charge in [-0.2, -0.15) is 0 Å². The standard InChI is InChI=1S/C18H23N3O5S/c1-13-4-6-15(7-5-13)11-19-17-9-8-16(10-18(17)21(22)23)27(24,25)20-14(2)12-26-3/h4-10,14,19-20H,11-12H2,1-3H3/t14-/m1/s1. The summed E-state index contributed by atoms with van der Waals surface area (Å²) in [6, 6.07) is 11.1. The van der Waals surface area contributed by atoms with E-state index in [0.717, 1.165) is 17.2 Å². The number of hydrogen-bond acceptors (Lipinski definition) is 6. The summed E-state index contributed by atoms with van der Waals surface area (Å²) in [4.78, 5) is 10.6. The average molecular weight is 393 g/mol. The van der Waals surface area contributed by atoms with Crippen LogP contribution in [-0.4, -0.2) is 33.1 Å². The number of nitrogens with zero attached hydrogens (tertiary/aromatic N) is 1. The van der Waals surface area contributed by atoms with Crippen LogP contribution in [0.15, 0.2) is 47.4 Å². The van der Waals surface area contributed by atoms with Gasteiger partial charge in [-0.1, -0.05) is 29.8 Å². The molecule has 0 spiro atoms. The summed E-state index contributed by atoms with van der Waals surface area (Å²) >= 11 is 0. The molecular weight excluding hydrogens is 370 g/mol. The molecule has 0 aromatic heterocycles. The van der Waals surface area contributed by atoms with Gasteiger partial charge in [0.1, 0.15) is 5.69 Å². The minimum absolute atomic E-state index is 0.168. The van der Waals surface area contributed by atoms with Gasteiger partial charge < -0.3 is 10.1 Å². The number of rotatable bonds is 9. The molecule has 2 rings (SSSR count). The summed E-state index contributed by atoms with van der Waals surface area (Å²) in [6.45, 7) is 4.20. The molecular formula is C18H23N3O5S. The fourth-order valence-electron chi connectivity index (χ4n) is 2.50. The zero-order chi connectivity index (χ0) is 20.0. The van der Waals surface area contributed by atoms with Crippen LogP contribution in [0.5, 0.6) is 0 Å². The van der Waals surface area contributed by atoms with E-state index in [1.54, 1.807) is 6.92 Å². The third kappa shape index (κ3) is 5.75. The molecule has 27 heavy (non-hydrogen) atoms. The summed E-state index contributed by atoms with van der Waals surface area (Å²) < 4.78 is 32.1. The van der Waals surface area contributed by atoms with Crippen molar-refractivity contribution in [3.05, 3.63) is 63.7 Å². The van der Waals surface area contributed by atoms with Crippen LogP contribution < -0.4 is 10.0 Å². The maximum atomic E-state index is 12.4. The van der Waals surface area contributed by atoms with Crippen LogP contribution in [0.3, 0.4) is 0 Å². The van der Waals surface area contributed by atoms with Gasteiger partial charge in [0.25, 0.3) is 5.69 Å². The van der Waals surface area contributed by atoms with Crippen molar-refractivity contribution in [1.29, 1.82) is 0 Å². The van der Waals surface area contributed by atoms with Crippen molar-refractivity contribution in [2.75, 3.05) is 19.0 Å². The monoisotopic (exact) mass is 393 g/mol. The Morgan fingerprint density at radius 2 is 1.85 bits per heavy atom. The van der Waals surface area contributed by atoms with Gasteiger partial charge in [0.15, 0.2) is 0 Å². The van der Waals surface area contributed by atoms with Crippen LogP contribution in [0.4, 0.5) is 11.4 Å². The Balaban J connectivity index is 2.23. The van der Waals surface area contributed by atoms with Gasteiger partial charge in [0.05, 0.1) is 16.4 Å². The third-order valence-corrected chi connectivity index (χ3v) is 5.44. The van der Waals surface area contributed by atoms with Crippen molar-refractivity contribution in [2.24, 2.45) is 0 Å². The van der Waals surface area contributed by atoms with Crippen molar-refractivity contribution < 1.29 is 18.1 Å². The maximum Gasteiger partial charge on any atom is 0.293 e. The van der Waals surface area contributed by atoms with E-state index in [1.807, 2.05) is 31.2 Å². The van der Waals surface area contributed by atoms with Crippen molar-refractivity contribution in [2.45, 2.75) is 31.3 Å². The maximum absolute atomic E-state index is 12.4. The number of nitro benzene ring substituents is 1. The molecule has 146 valence electrons. The van der Waals surface area contributed by atoms with Crippen LogP contribution in [0, 0.1) is 17.0 Å². The number of hydrogen-bond donors (Lipinski definition) is 2. The summed E-state index contributed by atoms with van der Waals surface area (Å²) in [7, 11) is -2.43. The molecule has 0 aliphatic carbocycles. The lowest BCUT2D eigenvalue weighted by Gasteiger charge is -2.14. The smallest absolute Gasteiger partial charge is 0.293 e. The molecule has 0 saturated heterocycles. The highest BCUT2D eigenvalue weighted by Gasteiger charge is 2.22. The van der Waals surface area contributed by atoms with E-state index in [-0.39, 0.29) is 22.9 Å². The highest BCUT2D eigenvalue weighted by Crippen LogP contribution is 2.28. The molecule has 0 fully saturated rings. The van der Waals surface area contributed by atoms with Gasteiger partial charge in [-0.25, -0.2) is 13.1 Å². The number of nitrogens with one attached hydrogen (secondary N) is 2. The van der Waals surface area contributed by atoms with E-state index in [0.29, 0.717) is 6.54 Å². The number of anilines is 1. The van der Waals surface area contributed by atoms with Crippen molar-refractivity contribution in [3.63, 3.8) is 0 Å². The lowest BCUT2D eigenvalue weighted by Crippen LogP contribution is -2.35. The predicted octanol–water partition coefficient (Wildman–Crippen LogP) is 2.83. The summed E-state index contributed by atoms with van der Waals surface area (Å²) in [5.41, 5.74) is 2.03. The molecule has 2 aromatic rings. The first-order valence-corrected chi connectivity index (χ1v) is 9.80. The SMILES string of the molecule is COC[C@@H](C)NS(=O)(=O)c1ccc(NCc2ccc(C)cc2)c([N+](=O)[O-])c1. The van der Waals surface area contributed by atoms with Gasteiger partial charge in [0, 0.05) is 25.8 Å². The van der Waals surface area contributed by atoms with Crippen LogP contribution >= 0.6 is 0 Å².